The Morgan fingerprint density at radius 2 is 1.81 bits per heavy atom. The summed E-state index contributed by atoms with van der Waals surface area (Å²) in [5.74, 6) is 0.917. The molecule has 0 bridgehead atoms. The highest BCUT2D eigenvalue weighted by Gasteiger charge is 2.56. The molecular formula is C28H40BN2O4S. The SMILES string of the molecule is CC1CC(N2C(=O)C3(CCN(C(=O)C4(C)CCO4)CC3)c3ccc([B]OC(C)(C)C(C)(C)S)cc32)C1. The van der Waals surface area contributed by atoms with E-state index in [-0.39, 0.29) is 22.6 Å². The second kappa shape index (κ2) is 8.77. The number of piperidine rings is 1. The second-order valence-electron chi connectivity index (χ2n) is 12.7. The topological polar surface area (TPSA) is 59.1 Å². The molecule has 8 heteroatoms. The molecule has 1 aromatic rings. The fourth-order valence-electron chi connectivity index (χ4n) is 5.96. The minimum atomic E-state index is -0.684. The summed E-state index contributed by atoms with van der Waals surface area (Å²) >= 11 is 4.71. The number of hydrogen-bond donors (Lipinski definition) is 1. The molecule has 1 unspecified atom stereocenters. The van der Waals surface area contributed by atoms with Gasteiger partial charge in [0.2, 0.25) is 5.91 Å². The quantitative estimate of drug-likeness (QED) is 0.468. The number of hydrogen-bond acceptors (Lipinski definition) is 5. The van der Waals surface area contributed by atoms with Crippen LogP contribution in [0.5, 0.6) is 0 Å². The van der Waals surface area contributed by atoms with Crippen LogP contribution in [0.4, 0.5) is 5.69 Å². The van der Waals surface area contributed by atoms with E-state index in [0.717, 1.165) is 36.0 Å². The number of benzene rings is 1. The summed E-state index contributed by atoms with van der Waals surface area (Å²) in [6.45, 7) is 14.1. The largest absolute Gasteiger partial charge is 0.428 e. The van der Waals surface area contributed by atoms with Gasteiger partial charge in [-0.05, 0) is 77.8 Å². The maximum absolute atomic E-state index is 14.1. The molecule has 2 saturated heterocycles. The summed E-state index contributed by atoms with van der Waals surface area (Å²) in [6, 6.07) is 6.55. The molecule has 6 nitrogen and oxygen atoms in total. The predicted octanol–water partition coefficient (Wildman–Crippen LogP) is 3.62. The van der Waals surface area contributed by atoms with E-state index in [9.17, 15) is 9.59 Å². The van der Waals surface area contributed by atoms with Crippen LogP contribution in [0.15, 0.2) is 18.2 Å². The zero-order valence-electron chi connectivity index (χ0n) is 22.6. The average Bonchev–Trinajstić information content (AvgIpc) is 3.00. The molecule has 0 N–H and O–H groups in total. The van der Waals surface area contributed by atoms with Crippen LogP contribution >= 0.6 is 12.6 Å². The zero-order chi connectivity index (χ0) is 26.1. The third-order valence-electron chi connectivity index (χ3n) is 9.46. The van der Waals surface area contributed by atoms with Crippen LogP contribution in [-0.2, 0) is 24.4 Å². The van der Waals surface area contributed by atoms with E-state index in [1.54, 1.807) is 7.48 Å². The van der Waals surface area contributed by atoms with Crippen LogP contribution in [0.2, 0.25) is 0 Å². The maximum Gasteiger partial charge on any atom is 0.330 e. The van der Waals surface area contributed by atoms with Crippen LogP contribution in [0.1, 0.15) is 79.2 Å². The Morgan fingerprint density at radius 3 is 2.33 bits per heavy atom. The number of fused-ring (bicyclic) bond motifs is 2. The molecule has 5 rings (SSSR count). The highest BCUT2D eigenvalue weighted by molar-refractivity contribution is 7.81. The number of carbonyl (C=O) groups is 2. The van der Waals surface area contributed by atoms with E-state index < -0.39 is 16.6 Å². The third kappa shape index (κ3) is 4.12. The van der Waals surface area contributed by atoms with E-state index in [2.05, 4.69) is 30.0 Å². The van der Waals surface area contributed by atoms with Crippen LogP contribution in [0.25, 0.3) is 0 Å². The third-order valence-corrected chi connectivity index (χ3v) is 10.00. The van der Waals surface area contributed by atoms with Gasteiger partial charge in [-0.3, -0.25) is 9.59 Å². The number of rotatable bonds is 6. The highest BCUT2D eigenvalue weighted by Crippen LogP contribution is 2.51. The Hall–Kier alpha value is -1.51. The first-order valence-corrected chi connectivity index (χ1v) is 13.9. The minimum absolute atomic E-state index is 0.0655. The molecule has 195 valence electrons. The van der Waals surface area contributed by atoms with Crippen molar-refractivity contribution in [1.82, 2.24) is 4.90 Å². The molecule has 3 heterocycles. The van der Waals surface area contributed by atoms with Crippen molar-refractivity contribution in [3.63, 3.8) is 0 Å². The standard InChI is InChI=1S/C28H40BN2O4S/c1-18-15-20(16-18)31-22-17-19(29-35-25(2,3)26(4,5)36)7-8-21(22)28(24(31)33)9-12-30(13-10-28)23(32)27(6)11-14-34-27/h7-8,17-18,20,36H,9-16H2,1-6H3. The van der Waals surface area contributed by atoms with E-state index in [4.69, 9.17) is 22.0 Å². The first-order valence-electron chi connectivity index (χ1n) is 13.4. The molecule has 0 aromatic heterocycles. The maximum atomic E-state index is 14.1. The zero-order valence-corrected chi connectivity index (χ0v) is 23.5. The number of amides is 2. The molecule has 1 aromatic carbocycles. The Balaban J connectivity index is 1.40. The lowest BCUT2D eigenvalue weighted by molar-refractivity contribution is -0.183. The Kier molecular flexibility index (Phi) is 6.36. The normalized spacial score (nSPS) is 29.6. The van der Waals surface area contributed by atoms with Crippen LogP contribution in [-0.4, -0.2) is 65.9 Å². The number of likely N-dealkylation sites (tertiary alicyclic amines) is 1. The van der Waals surface area contributed by atoms with Gasteiger partial charge in [0.25, 0.3) is 5.91 Å². The monoisotopic (exact) mass is 511 g/mol. The number of anilines is 1. The van der Waals surface area contributed by atoms with E-state index >= 15 is 0 Å². The van der Waals surface area contributed by atoms with Crippen molar-refractivity contribution in [2.24, 2.45) is 5.92 Å². The van der Waals surface area contributed by atoms with Crippen molar-refractivity contribution >= 4 is 43.1 Å². The fourth-order valence-corrected chi connectivity index (χ4v) is 6.01. The van der Waals surface area contributed by atoms with Crippen molar-refractivity contribution in [3.8, 4) is 0 Å². The van der Waals surface area contributed by atoms with Gasteiger partial charge in [-0.2, -0.15) is 12.6 Å². The Morgan fingerprint density at radius 1 is 1.17 bits per heavy atom. The van der Waals surface area contributed by atoms with Crippen molar-refractivity contribution in [3.05, 3.63) is 23.8 Å². The second-order valence-corrected chi connectivity index (χ2v) is 13.8. The van der Waals surface area contributed by atoms with Gasteiger partial charge in [-0.1, -0.05) is 24.5 Å². The molecule has 1 saturated carbocycles. The van der Waals surface area contributed by atoms with E-state index in [1.807, 2.05) is 39.5 Å². The Bertz CT molecular complexity index is 1050. The average molecular weight is 512 g/mol. The van der Waals surface area contributed by atoms with Crippen LogP contribution < -0.4 is 10.4 Å². The lowest BCUT2D eigenvalue weighted by atomic mass is 9.72. The highest BCUT2D eigenvalue weighted by atomic mass is 32.1. The Labute approximate surface area is 222 Å². The molecule has 36 heavy (non-hydrogen) atoms. The van der Waals surface area contributed by atoms with Gasteiger partial charge in [0.1, 0.15) is 5.60 Å². The van der Waals surface area contributed by atoms with E-state index in [1.165, 1.54) is 0 Å². The van der Waals surface area contributed by atoms with Crippen LogP contribution in [0, 0.1) is 5.92 Å². The summed E-state index contributed by atoms with van der Waals surface area (Å²) in [5, 5.41) is 0. The van der Waals surface area contributed by atoms with Crippen molar-refractivity contribution < 1.29 is 19.0 Å². The molecular weight excluding hydrogens is 471 g/mol. The summed E-state index contributed by atoms with van der Waals surface area (Å²) in [7, 11) is 1.80. The van der Waals surface area contributed by atoms with Gasteiger partial charge >= 0.3 is 7.48 Å². The van der Waals surface area contributed by atoms with Crippen molar-refractivity contribution in [1.29, 1.82) is 0 Å². The first-order chi connectivity index (χ1) is 16.8. The van der Waals surface area contributed by atoms with Crippen LogP contribution in [0.3, 0.4) is 0 Å². The predicted molar refractivity (Wildman–Crippen MR) is 146 cm³/mol. The smallest absolute Gasteiger partial charge is 0.330 e. The summed E-state index contributed by atoms with van der Waals surface area (Å²) in [4.78, 5) is 31.2. The number of thiol groups is 1. The summed E-state index contributed by atoms with van der Waals surface area (Å²) in [5.41, 5.74) is 1.37. The van der Waals surface area contributed by atoms with Gasteiger partial charge in [-0.25, -0.2) is 0 Å². The number of ether oxygens (including phenoxy) is 1. The minimum Gasteiger partial charge on any atom is -0.428 e. The molecule has 2 amide bonds. The lowest BCUT2D eigenvalue weighted by Crippen LogP contribution is -2.59. The van der Waals surface area contributed by atoms with E-state index in [0.29, 0.717) is 38.5 Å². The van der Waals surface area contributed by atoms with Crippen molar-refractivity contribution in [2.75, 3.05) is 24.6 Å². The first kappa shape index (κ1) is 26.1. The summed E-state index contributed by atoms with van der Waals surface area (Å²) < 4.78 is 11.5. The van der Waals surface area contributed by atoms with Gasteiger partial charge in [0, 0.05) is 36.0 Å². The molecule has 4 aliphatic rings. The van der Waals surface area contributed by atoms with Gasteiger partial charge in [-0.15, -0.1) is 0 Å². The summed E-state index contributed by atoms with van der Waals surface area (Å²) in [6.07, 6.45) is 4.14. The molecule has 1 radical (unpaired) electrons. The number of carbonyl (C=O) groups excluding carboxylic acids is 2. The molecule has 3 aliphatic heterocycles. The van der Waals surface area contributed by atoms with Gasteiger partial charge < -0.3 is 19.2 Å². The number of nitrogens with zero attached hydrogens (tertiary/aromatic N) is 2. The molecule has 1 spiro atoms. The fraction of sp³-hybridized carbons (Fsp3) is 0.714. The molecule has 3 fully saturated rings. The van der Waals surface area contributed by atoms with Gasteiger partial charge in [0.05, 0.1) is 17.6 Å². The molecule has 1 aliphatic carbocycles. The lowest BCUT2D eigenvalue weighted by Gasteiger charge is -2.45. The van der Waals surface area contributed by atoms with Crippen molar-refractivity contribution in [2.45, 2.75) is 101 Å². The molecule has 1 atom stereocenters. The van der Waals surface area contributed by atoms with Gasteiger partial charge in [0.15, 0.2) is 0 Å².